The van der Waals surface area contributed by atoms with E-state index in [1.165, 1.54) is 11.1 Å². The molecule has 1 aliphatic carbocycles. The number of benzene rings is 1. The average molecular weight is 243 g/mol. The van der Waals surface area contributed by atoms with E-state index < -0.39 is 0 Å². The molecule has 18 heavy (non-hydrogen) atoms. The number of hydrogen-bond acceptors (Lipinski definition) is 2. The maximum atomic E-state index is 11.7. The summed E-state index contributed by atoms with van der Waals surface area (Å²) in [6.07, 6.45) is 3.32. The number of carbonyl (C=O) groups excluding carboxylic acids is 1. The van der Waals surface area contributed by atoms with Crippen LogP contribution in [0.4, 0.5) is 5.69 Å². The summed E-state index contributed by atoms with van der Waals surface area (Å²) in [6.45, 7) is 8.44. The lowest BCUT2D eigenvalue weighted by molar-refractivity contribution is -0.117. The van der Waals surface area contributed by atoms with Crippen LogP contribution in [0.2, 0.25) is 0 Å². The molecule has 0 heterocycles. The van der Waals surface area contributed by atoms with Crippen LogP contribution >= 0.6 is 0 Å². The Morgan fingerprint density at radius 1 is 1.17 bits per heavy atom. The van der Waals surface area contributed by atoms with Crippen LogP contribution in [0, 0.1) is 19.3 Å². The lowest BCUT2D eigenvalue weighted by Crippen LogP contribution is -2.24. The van der Waals surface area contributed by atoms with Gasteiger partial charge in [0.15, 0.2) is 5.78 Å². The molecular formula is C16H21NO. The highest BCUT2D eigenvalue weighted by Crippen LogP contribution is 2.34. The molecule has 0 aromatic heterocycles. The van der Waals surface area contributed by atoms with Gasteiger partial charge in [0.2, 0.25) is 0 Å². The van der Waals surface area contributed by atoms with Crippen molar-refractivity contribution in [2.45, 2.75) is 40.5 Å². The normalized spacial score (nSPS) is 18.4. The van der Waals surface area contributed by atoms with Crippen molar-refractivity contribution in [3.63, 3.8) is 0 Å². The molecule has 0 fully saturated rings. The fraction of sp³-hybridized carbons (Fsp3) is 0.438. The molecule has 1 aromatic carbocycles. The molecule has 1 N–H and O–H groups in total. The van der Waals surface area contributed by atoms with Gasteiger partial charge in [-0.15, -0.1) is 0 Å². The smallest absolute Gasteiger partial charge is 0.157 e. The molecule has 0 spiro atoms. The van der Waals surface area contributed by atoms with Crippen molar-refractivity contribution in [3.8, 4) is 0 Å². The van der Waals surface area contributed by atoms with Crippen LogP contribution in [0.3, 0.4) is 0 Å². The Morgan fingerprint density at radius 3 is 2.56 bits per heavy atom. The molecule has 1 aromatic rings. The number of nitrogens with one attached hydrogen (secondary N) is 1. The first-order valence-electron chi connectivity index (χ1n) is 6.43. The topological polar surface area (TPSA) is 29.1 Å². The van der Waals surface area contributed by atoms with Crippen molar-refractivity contribution >= 4 is 11.5 Å². The molecule has 0 amide bonds. The van der Waals surface area contributed by atoms with Crippen LogP contribution in [0.5, 0.6) is 0 Å². The largest absolute Gasteiger partial charge is 0.359 e. The number of anilines is 1. The third-order valence-corrected chi connectivity index (χ3v) is 3.35. The number of rotatable bonds is 2. The van der Waals surface area contributed by atoms with Crippen molar-refractivity contribution in [1.82, 2.24) is 0 Å². The van der Waals surface area contributed by atoms with Crippen molar-refractivity contribution in [3.05, 3.63) is 41.1 Å². The van der Waals surface area contributed by atoms with Gasteiger partial charge < -0.3 is 5.32 Å². The lowest BCUT2D eigenvalue weighted by atomic mass is 9.79. The van der Waals surface area contributed by atoms with E-state index in [-0.39, 0.29) is 11.2 Å². The van der Waals surface area contributed by atoms with Crippen LogP contribution in [-0.2, 0) is 4.79 Å². The second-order valence-electron chi connectivity index (χ2n) is 6.10. The summed E-state index contributed by atoms with van der Waals surface area (Å²) < 4.78 is 0. The summed E-state index contributed by atoms with van der Waals surface area (Å²) in [5, 5.41) is 3.42. The molecule has 96 valence electrons. The molecule has 1 aliphatic rings. The molecule has 0 aliphatic heterocycles. The zero-order valence-electron chi connectivity index (χ0n) is 11.6. The molecule has 0 bridgehead atoms. The predicted molar refractivity (Wildman–Crippen MR) is 75.6 cm³/mol. The van der Waals surface area contributed by atoms with Gasteiger partial charge in [-0.3, -0.25) is 4.79 Å². The van der Waals surface area contributed by atoms with Crippen LogP contribution in [-0.4, -0.2) is 5.78 Å². The van der Waals surface area contributed by atoms with Gasteiger partial charge in [-0.2, -0.15) is 0 Å². The molecule has 0 radical (unpaired) electrons. The molecule has 2 nitrogen and oxygen atoms in total. The zero-order chi connectivity index (χ0) is 13.3. The van der Waals surface area contributed by atoms with Gasteiger partial charge >= 0.3 is 0 Å². The van der Waals surface area contributed by atoms with Gasteiger partial charge in [0.05, 0.1) is 0 Å². The molecular weight excluding hydrogens is 222 g/mol. The first-order valence-corrected chi connectivity index (χ1v) is 6.43. The van der Waals surface area contributed by atoms with Gasteiger partial charge in [-0.05, 0) is 42.9 Å². The fourth-order valence-corrected chi connectivity index (χ4v) is 2.47. The van der Waals surface area contributed by atoms with E-state index in [1.54, 1.807) is 6.08 Å². The Morgan fingerprint density at radius 2 is 1.89 bits per heavy atom. The van der Waals surface area contributed by atoms with Gasteiger partial charge in [0.25, 0.3) is 0 Å². The Balaban J connectivity index is 2.24. The Hall–Kier alpha value is -1.57. The van der Waals surface area contributed by atoms with Crippen molar-refractivity contribution < 1.29 is 4.79 Å². The summed E-state index contributed by atoms with van der Waals surface area (Å²) in [7, 11) is 0. The van der Waals surface area contributed by atoms with E-state index in [4.69, 9.17) is 0 Å². The number of hydrogen-bond donors (Lipinski definition) is 1. The van der Waals surface area contributed by atoms with Gasteiger partial charge in [0.1, 0.15) is 0 Å². The molecule has 0 unspecified atom stereocenters. The minimum Gasteiger partial charge on any atom is -0.359 e. The Kier molecular flexibility index (Phi) is 3.29. The third-order valence-electron chi connectivity index (χ3n) is 3.35. The first-order chi connectivity index (χ1) is 8.35. The van der Waals surface area contributed by atoms with E-state index >= 15 is 0 Å². The monoisotopic (exact) mass is 243 g/mol. The van der Waals surface area contributed by atoms with Crippen LogP contribution in [0.15, 0.2) is 30.0 Å². The molecule has 2 heteroatoms. The SMILES string of the molecule is Cc1ccc(C)c(NC2=CC(=O)CC(C)(C)C2)c1. The number of carbonyl (C=O) groups is 1. The van der Waals surface area contributed by atoms with E-state index in [0.29, 0.717) is 6.42 Å². The Bertz CT molecular complexity index is 512. The van der Waals surface area contributed by atoms with Crippen molar-refractivity contribution in [2.75, 3.05) is 5.32 Å². The summed E-state index contributed by atoms with van der Waals surface area (Å²) in [4.78, 5) is 11.7. The quantitative estimate of drug-likeness (QED) is 0.851. The fourth-order valence-electron chi connectivity index (χ4n) is 2.47. The van der Waals surface area contributed by atoms with E-state index in [9.17, 15) is 4.79 Å². The van der Waals surface area contributed by atoms with E-state index in [2.05, 4.69) is 51.2 Å². The molecule has 0 saturated carbocycles. The average Bonchev–Trinajstić information content (AvgIpc) is 2.20. The second kappa shape index (κ2) is 4.60. The number of allylic oxidation sites excluding steroid dienone is 2. The number of ketones is 1. The second-order valence-corrected chi connectivity index (χ2v) is 6.10. The summed E-state index contributed by atoms with van der Waals surface area (Å²) in [6, 6.07) is 6.33. The maximum absolute atomic E-state index is 11.7. The predicted octanol–water partition coefficient (Wildman–Crippen LogP) is 3.99. The molecule has 0 atom stereocenters. The Labute approximate surface area is 109 Å². The zero-order valence-corrected chi connectivity index (χ0v) is 11.6. The summed E-state index contributed by atoms with van der Waals surface area (Å²) in [5.74, 6) is 0.221. The number of aryl methyl sites for hydroxylation is 2. The van der Waals surface area contributed by atoms with Gasteiger partial charge in [-0.25, -0.2) is 0 Å². The van der Waals surface area contributed by atoms with Crippen molar-refractivity contribution in [1.29, 1.82) is 0 Å². The van der Waals surface area contributed by atoms with Crippen LogP contribution < -0.4 is 5.32 Å². The summed E-state index contributed by atoms with van der Waals surface area (Å²) >= 11 is 0. The van der Waals surface area contributed by atoms with Gasteiger partial charge in [-0.1, -0.05) is 26.0 Å². The standard InChI is InChI=1S/C16H21NO/c1-11-5-6-12(2)15(7-11)17-13-8-14(18)10-16(3,4)9-13/h5-8,17H,9-10H2,1-4H3. The lowest BCUT2D eigenvalue weighted by Gasteiger charge is -2.29. The molecule has 2 rings (SSSR count). The van der Waals surface area contributed by atoms with Crippen LogP contribution in [0.25, 0.3) is 0 Å². The minimum absolute atomic E-state index is 0.0614. The first kappa shape index (κ1) is 12.9. The van der Waals surface area contributed by atoms with Crippen LogP contribution in [0.1, 0.15) is 37.8 Å². The molecule has 0 saturated heterocycles. The minimum atomic E-state index is 0.0614. The third kappa shape index (κ3) is 3.00. The van der Waals surface area contributed by atoms with E-state index in [0.717, 1.165) is 17.8 Å². The van der Waals surface area contributed by atoms with Crippen molar-refractivity contribution in [2.24, 2.45) is 5.41 Å². The highest BCUT2D eigenvalue weighted by atomic mass is 16.1. The highest BCUT2D eigenvalue weighted by Gasteiger charge is 2.27. The maximum Gasteiger partial charge on any atom is 0.157 e. The summed E-state index contributed by atoms with van der Waals surface area (Å²) in [5.41, 5.74) is 4.63. The van der Waals surface area contributed by atoms with E-state index in [1.807, 2.05) is 0 Å². The van der Waals surface area contributed by atoms with Gasteiger partial charge in [0, 0.05) is 23.9 Å². The highest BCUT2D eigenvalue weighted by molar-refractivity contribution is 5.92.